The lowest BCUT2D eigenvalue weighted by atomic mass is 9.91. The van der Waals surface area contributed by atoms with Gasteiger partial charge in [-0.1, -0.05) is 83.5 Å². The summed E-state index contributed by atoms with van der Waals surface area (Å²) >= 11 is 0. The van der Waals surface area contributed by atoms with Crippen molar-refractivity contribution in [2.24, 2.45) is 11.8 Å². The molecular formula is C57H80N4O9Si2. The fraction of sp³-hybridized carbons (Fsp3) is 0.544. The zero-order valence-electron chi connectivity index (χ0n) is 45.9. The SMILES string of the molecule is CCc1cc(Cc2cc(CC)c(N3C(=O)CC(C(=O)N(CCC[Si](C)(C)O[Si](C)(C)CCCN(C(C)=O)C(=O)C4CC(=O)N(c5c(C)cc(C)cc5C(C)C)C4=O)C(C)=O)C3=O)c(CC)c2)cc(CC)c1C. The van der Waals surface area contributed by atoms with Crippen LogP contribution in [0.4, 0.5) is 11.4 Å². The van der Waals surface area contributed by atoms with Crippen molar-refractivity contribution in [2.75, 3.05) is 22.9 Å². The molecule has 3 aromatic rings. The Labute approximate surface area is 430 Å². The average Bonchev–Trinajstić information content (AvgIpc) is 3.76. The Balaban J connectivity index is 1.20. The first-order chi connectivity index (χ1) is 33.7. The molecule has 3 aromatic carbocycles. The predicted molar refractivity (Wildman–Crippen MR) is 289 cm³/mol. The number of hydrogen-bond donors (Lipinski definition) is 0. The van der Waals surface area contributed by atoms with Crippen molar-refractivity contribution in [2.45, 2.75) is 178 Å². The van der Waals surface area contributed by atoms with Crippen LogP contribution in [0.1, 0.15) is 143 Å². The molecule has 0 N–H and O–H groups in total. The van der Waals surface area contributed by atoms with Crippen molar-refractivity contribution in [1.82, 2.24) is 9.80 Å². The minimum atomic E-state index is -2.42. The van der Waals surface area contributed by atoms with Crippen LogP contribution in [0.2, 0.25) is 38.3 Å². The Hall–Kier alpha value is -5.39. The van der Waals surface area contributed by atoms with Crippen LogP contribution < -0.4 is 9.80 Å². The molecule has 390 valence electrons. The first-order valence-corrected chi connectivity index (χ1v) is 32.4. The Kier molecular flexibility index (Phi) is 18.9. The van der Waals surface area contributed by atoms with Crippen molar-refractivity contribution in [3.05, 3.63) is 92.0 Å². The van der Waals surface area contributed by atoms with E-state index in [0.717, 1.165) is 60.9 Å². The van der Waals surface area contributed by atoms with E-state index < -0.39 is 75.7 Å². The quantitative estimate of drug-likeness (QED) is 0.0575. The molecule has 5 rings (SSSR count). The van der Waals surface area contributed by atoms with E-state index in [2.05, 4.69) is 71.2 Å². The highest BCUT2D eigenvalue weighted by Gasteiger charge is 2.48. The topological polar surface area (TPSA) is 159 Å². The van der Waals surface area contributed by atoms with Crippen LogP contribution in [0, 0.1) is 32.6 Å². The molecule has 2 heterocycles. The van der Waals surface area contributed by atoms with E-state index in [0.29, 0.717) is 55.6 Å². The first-order valence-electron chi connectivity index (χ1n) is 26.2. The lowest BCUT2D eigenvalue weighted by molar-refractivity contribution is -0.150. The third kappa shape index (κ3) is 12.9. The van der Waals surface area contributed by atoms with Gasteiger partial charge in [-0.3, -0.25) is 48.2 Å². The van der Waals surface area contributed by atoms with Gasteiger partial charge < -0.3 is 4.12 Å². The fourth-order valence-electron chi connectivity index (χ4n) is 11.0. The van der Waals surface area contributed by atoms with E-state index in [-0.39, 0.29) is 31.8 Å². The molecular weight excluding hydrogens is 941 g/mol. The summed E-state index contributed by atoms with van der Waals surface area (Å²) in [5, 5.41) is 0. The Morgan fingerprint density at radius 2 is 1.00 bits per heavy atom. The van der Waals surface area contributed by atoms with Gasteiger partial charge in [0, 0.05) is 39.8 Å². The fourth-order valence-corrected chi connectivity index (χ4v) is 19.8. The summed E-state index contributed by atoms with van der Waals surface area (Å²) in [5.41, 5.74) is 11.7. The molecule has 72 heavy (non-hydrogen) atoms. The van der Waals surface area contributed by atoms with E-state index in [9.17, 15) is 38.4 Å². The zero-order chi connectivity index (χ0) is 53.7. The van der Waals surface area contributed by atoms with E-state index in [4.69, 9.17) is 4.12 Å². The Morgan fingerprint density at radius 1 is 0.611 bits per heavy atom. The van der Waals surface area contributed by atoms with Gasteiger partial charge in [-0.2, -0.15) is 0 Å². The molecule has 2 fully saturated rings. The van der Waals surface area contributed by atoms with Crippen molar-refractivity contribution in [3.8, 4) is 0 Å². The minimum absolute atomic E-state index is 0.0248. The molecule has 13 nitrogen and oxygen atoms in total. The van der Waals surface area contributed by atoms with Gasteiger partial charge in [0.25, 0.3) is 0 Å². The second kappa shape index (κ2) is 23.7. The summed E-state index contributed by atoms with van der Waals surface area (Å²) in [5.74, 6) is -7.06. The summed E-state index contributed by atoms with van der Waals surface area (Å²) in [6.45, 7) is 29.3. The maximum atomic E-state index is 14.2. The number of carbonyl (C=O) groups excluding carboxylic acids is 8. The third-order valence-corrected chi connectivity index (χ3v) is 22.1. The molecule has 0 radical (unpaired) electrons. The molecule has 0 aliphatic carbocycles. The predicted octanol–water partition coefficient (Wildman–Crippen LogP) is 9.99. The largest absolute Gasteiger partial charge is 0.455 e. The van der Waals surface area contributed by atoms with E-state index in [1.54, 1.807) is 0 Å². The monoisotopic (exact) mass is 1020 g/mol. The highest BCUT2D eigenvalue weighted by Crippen LogP contribution is 2.39. The third-order valence-electron chi connectivity index (χ3n) is 14.5. The van der Waals surface area contributed by atoms with Crippen molar-refractivity contribution >= 4 is 75.3 Å². The van der Waals surface area contributed by atoms with E-state index in [1.165, 1.54) is 41.0 Å². The highest BCUT2D eigenvalue weighted by molar-refractivity contribution is 6.84. The molecule has 0 aromatic heterocycles. The van der Waals surface area contributed by atoms with Gasteiger partial charge in [0.2, 0.25) is 47.3 Å². The number of carbonyl (C=O) groups is 8. The molecule has 0 spiro atoms. The standard InChI is InChI=1S/C57H80N4O9Si2/c1-16-43-29-41(30-44(17-2)38(43)9)28-42-31-45(18-3)53(46(19-4)32-42)61-51(65)34-49(57(61)69)55(67)59(40(11)63)23-21-25-72(14,15)70-71(12,13)24-20-22-58(39(10)62)54(66)48-33-50(64)60(56(48)68)52-37(8)26-36(7)27-47(52)35(5)6/h26-27,29-32,35,48-49H,16-25,28,33-34H2,1-15H3. The number of aryl methyl sites for hydroxylation is 6. The van der Waals surface area contributed by atoms with Gasteiger partial charge >= 0.3 is 0 Å². The molecule has 2 aliphatic heterocycles. The number of hydrogen-bond acceptors (Lipinski definition) is 9. The number of benzene rings is 3. The van der Waals surface area contributed by atoms with Crippen LogP contribution in [0.25, 0.3) is 0 Å². The maximum Gasteiger partial charge on any atom is 0.246 e. The summed E-state index contributed by atoms with van der Waals surface area (Å²) in [6.07, 6.45) is 4.04. The van der Waals surface area contributed by atoms with Crippen LogP contribution >= 0.6 is 0 Å². The van der Waals surface area contributed by atoms with Gasteiger partial charge in [0.1, 0.15) is 11.8 Å². The maximum absolute atomic E-state index is 14.2. The molecule has 0 saturated carbocycles. The molecule has 0 bridgehead atoms. The lowest BCUT2D eigenvalue weighted by Crippen LogP contribution is -2.47. The molecule has 2 atom stereocenters. The number of imide groups is 4. The number of anilines is 2. The minimum Gasteiger partial charge on any atom is -0.455 e. The van der Waals surface area contributed by atoms with Gasteiger partial charge in [0.15, 0.2) is 16.6 Å². The molecule has 2 aliphatic rings. The summed E-state index contributed by atoms with van der Waals surface area (Å²) in [6, 6.07) is 13.8. The van der Waals surface area contributed by atoms with Crippen molar-refractivity contribution in [3.63, 3.8) is 0 Å². The molecule has 8 amide bonds. The number of nitrogens with zero attached hydrogens (tertiary/aromatic N) is 4. The lowest BCUT2D eigenvalue weighted by Gasteiger charge is -2.35. The van der Waals surface area contributed by atoms with Gasteiger partial charge in [-0.15, -0.1) is 0 Å². The van der Waals surface area contributed by atoms with Crippen LogP contribution in [-0.4, -0.2) is 86.8 Å². The average molecular weight is 1020 g/mol. The number of rotatable bonds is 21. The highest BCUT2D eigenvalue weighted by atomic mass is 28.4. The van der Waals surface area contributed by atoms with Crippen molar-refractivity contribution < 1.29 is 42.5 Å². The van der Waals surface area contributed by atoms with Gasteiger partial charge in [-0.25, -0.2) is 9.80 Å². The molecule has 2 saturated heterocycles. The smallest absolute Gasteiger partial charge is 0.246 e. The van der Waals surface area contributed by atoms with E-state index >= 15 is 0 Å². The summed E-state index contributed by atoms with van der Waals surface area (Å²) in [4.78, 5) is 114. The van der Waals surface area contributed by atoms with Crippen LogP contribution in [0.5, 0.6) is 0 Å². The Bertz CT molecular complexity index is 2590. The summed E-state index contributed by atoms with van der Waals surface area (Å²) in [7, 11) is -4.84. The number of amides is 8. The van der Waals surface area contributed by atoms with Crippen LogP contribution in [0.3, 0.4) is 0 Å². The molecule has 2 unspecified atom stereocenters. The van der Waals surface area contributed by atoms with Gasteiger partial charge in [0.05, 0.1) is 11.4 Å². The normalized spacial score (nSPS) is 16.4. The van der Waals surface area contributed by atoms with Crippen LogP contribution in [-0.2, 0) is 74.6 Å². The molecule has 15 heteroatoms. The first kappa shape index (κ1) is 57.5. The zero-order valence-corrected chi connectivity index (χ0v) is 47.9. The summed E-state index contributed by atoms with van der Waals surface area (Å²) < 4.78 is 6.87. The second-order valence-corrected chi connectivity index (χ2v) is 30.4. The second-order valence-electron chi connectivity index (χ2n) is 21.6. The van der Waals surface area contributed by atoms with Crippen molar-refractivity contribution in [1.29, 1.82) is 0 Å². The Morgan fingerprint density at radius 3 is 1.38 bits per heavy atom. The van der Waals surface area contributed by atoms with Crippen LogP contribution in [0.15, 0.2) is 36.4 Å². The van der Waals surface area contributed by atoms with Gasteiger partial charge in [-0.05, 0) is 160 Å². The van der Waals surface area contributed by atoms with E-state index in [1.807, 2.05) is 53.7 Å².